The third-order valence-corrected chi connectivity index (χ3v) is 7.51. The molecule has 0 fully saturated rings. The number of benzene rings is 4. The van der Waals surface area contributed by atoms with Crippen LogP contribution in [0.5, 0.6) is 0 Å². The summed E-state index contributed by atoms with van der Waals surface area (Å²) in [5.74, 6) is 1.55. The molecule has 4 amide bonds. The van der Waals surface area contributed by atoms with Crippen LogP contribution in [-0.2, 0) is 0 Å². The zero-order valence-corrected chi connectivity index (χ0v) is 20.2. The van der Waals surface area contributed by atoms with Gasteiger partial charge in [0, 0.05) is 35.4 Å². The number of urea groups is 2. The van der Waals surface area contributed by atoms with Gasteiger partial charge < -0.3 is 21.3 Å². The van der Waals surface area contributed by atoms with Crippen LogP contribution in [0.15, 0.2) is 84.9 Å². The minimum absolute atomic E-state index is 0.214. The van der Waals surface area contributed by atoms with Crippen LogP contribution in [0.2, 0.25) is 0 Å². The second-order valence-corrected chi connectivity index (χ2v) is 10.2. The van der Waals surface area contributed by atoms with E-state index in [-0.39, 0.29) is 12.1 Å². The highest BCUT2D eigenvalue weighted by atomic mass is 33.1. The van der Waals surface area contributed by atoms with Crippen LogP contribution in [0.3, 0.4) is 0 Å². The molecule has 4 rings (SSSR count). The lowest BCUT2D eigenvalue weighted by Gasteiger charge is -2.10. The Kier molecular flexibility index (Phi) is 8.54. The summed E-state index contributed by atoms with van der Waals surface area (Å²) in [6.45, 7) is 1.12. The lowest BCUT2D eigenvalue weighted by atomic mass is 10.1. The predicted molar refractivity (Wildman–Crippen MR) is 147 cm³/mol. The highest BCUT2D eigenvalue weighted by Gasteiger charge is 2.06. The summed E-state index contributed by atoms with van der Waals surface area (Å²) in [4.78, 5) is 24.4. The number of fused-ring (bicyclic) bond motifs is 2. The Morgan fingerprint density at radius 1 is 0.559 bits per heavy atom. The topological polar surface area (TPSA) is 82.3 Å². The average Bonchev–Trinajstić information content (AvgIpc) is 2.86. The Balaban J connectivity index is 1.08. The van der Waals surface area contributed by atoms with Gasteiger partial charge in [-0.15, -0.1) is 0 Å². The highest BCUT2D eigenvalue weighted by molar-refractivity contribution is 8.76. The van der Waals surface area contributed by atoms with Crippen LogP contribution in [0.1, 0.15) is 0 Å². The fourth-order valence-electron chi connectivity index (χ4n) is 3.53. The molecule has 0 heterocycles. The van der Waals surface area contributed by atoms with Crippen LogP contribution in [0, 0.1) is 0 Å². The highest BCUT2D eigenvalue weighted by Crippen LogP contribution is 2.24. The monoisotopic (exact) mass is 490 g/mol. The third-order valence-electron chi connectivity index (χ3n) is 5.10. The van der Waals surface area contributed by atoms with Crippen molar-refractivity contribution < 1.29 is 9.59 Å². The van der Waals surface area contributed by atoms with E-state index in [4.69, 9.17) is 0 Å². The molecule has 0 radical (unpaired) electrons. The van der Waals surface area contributed by atoms with Gasteiger partial charge in [-0.05, 0) is 22.9 Å². The van der Waals surface area contributed by atoms with Crippen molar-refractivity contribution in [2.45, 2.75) is 0 Å². The van der Waals surface area contributed by atoms with Gasteiger partial charge in [0.25, 0.3) is 0 Å². The number of carbonyl (C=O) groups excluding carboxylic acids is 2. The Morgan fingerprint density at radius 2 is 0.971 bits per heavy atom. The van der Waals surface area contributed by atoms with Gasteiger partial charge >= 0.3 is 12.1 Å². The molecule has 0 bridgehead atoms. The molecule has 0 unspecified atom stereocenters. The molecular formula is C26H26N4O2S2. The number of anilines is 2. The van der Waals surface area contributed by atoms with Gasteiger partial charge in [-0.2, -0.15) is 0 Å². The molecule has 174 valence electrons. The van der Waals surface area contributed by atoms with E-state index < -0.39 is 0 Å². The van der Waals surface area contributed by atoms with E-state index in [1.54, 1.807) is 21.6 Å². The van der Waals surface area contributed by atoms with Crippen LogP contribution in [0.4, 0.5) is 21.0 Å². The van der Waals surface area contributed by atoms with Gasteiger partial charge in [-0.1, -0.05) is 94.4 Å². The first-order valence-electron chi connectivity index (χ1n) is 11.0. The van der Waals surface area contributed by atoms with Gasteiger partial charge in [-0.25, -0.2) is 9.59 Å². The quantitative estimate of drug-likeness (QED) is 0.163. The molecule has 34 heavy (non-hydrogen) atoms. The Labute approximate surface area is 206 Å². The van der Waals surface area contributed by atoms with Crippen LogP contribution in [-0.4, -0.2) is 36.7 Å². The second-order valence-electron chi connectivity index (χ2n) is 7.46. The maximum atomic E-state index is 12.2. The van der Waals surface area contributed by atoms with Crippen LogP contribution >= 0.6 is 21.6 Å². The van der Waals surface area contributed by atoms with E-state index in [2.05, 4.69) is 21.3 Å². The zero-order valence-electron chi connectivity index (χ0n) is 18.5. The van der Waals surface area contributed by atoms with Crippen molar-refractivity contribution in [2.24, 2.45) is 0 Å². The molecule has 4 aromatic rings. The van der Waals surface area contributed by atoms with Crippen molar-refractivity contribution in [3.63, 3.8) is 0 Å². The first-order valence-corrected chi connectivity index (χ1v) is 13.5. The molecular weight excluding hydrogens is 464 g/mol. The summed E-state index contributed by atoms with van der Waals surface area (Å²) in [6, 6.07) is 27.2. The minimum atomic E-state index is -0.214. The average molecular weight is 491 g/mol. The lowest BCUT2D eigenvalue weighted by Crippen LogP contribution is -2.31. The Morgan fingerprint density at radius 3 is 1.44 bits per heavy atom. The molecule has 0 saturated carbocycles. The summed E-state index contributed by atoms with van der Waals surface area (Å²) in [6.07, 6.45) is 0. The summed E-state index contributed by atoms with van der Waals surface area (Å²) >= 11 is 0. The van der Waals surface area contributed by atoms with Crippen molar-refractivity contribution in [1.82, 2.24) is 10.6 Å². The maximum Gasteiger partial charge on any atom is 0.319 e. The van der Waals surface area contributed by atoms with E-state index >= 15 is 0 Å². The number of amides is 4. The minimum Gasteiger partial charge on any atom is -0.337 e. The summed E-state index contributed by atoms with van der Waals surface area (Å²) in [7, 11) is 3.33. The standard InChI is InChI=1S/C26H26N4O2S2/c31-25(29-23-13-5-9-19-7-1-3-11-21(19)23)27-15-17-33-34-18-16-28-26(32)30-24-14-6-10-20-8-2-4-12-22(20)24/h1-14H,15-18H2,(H2,27,29,31)(H2,28,30,32). The third kappa shape index (κ3) is 6.59. The summed E-state index contributed by atoms with van der Waals surface area (Å²) in [5.41, 5.74) is 1.59. The molecule has 6 nitrogen and oxygen atoms in total. The largest absolute Gasteiger partial charge is 0.337 e. The van der Waals surface area contributed by atoms with Crippen molar-refractivity contribution in [1.29, 1.82) is 0 Å². The fourth-order valence-corrected chi connectivity index (χ4v) is 5.35. The van der Waals surface area contributed by atoms with E-state index in [1.165, 1.54) is 0 Å². The maximum absolute atomic E-state index is 12.2. The van der Waals surface area contributed by atoms with Crippen molar-refractivity contribution in [3.8, 4) is 0 Å². The van der Waals surface area contributed by atoms with Gasteiger partial charge in [0.1, 0.15) is 0 Å². The van der Waals surface area contributed by atoms with E-state index in [1.807, 2.05) is 84.9 Å². The summed E-state index contributed by atoms with van der Waals surface area (Å²) < 4.78 is 0. The molecule has 0 spiro atoms. The number of hydrogen-bond donors (Lipinski definition) is 4. The van der Waals surface area contributed by atoms with Gasteiger partial charge in [0.05, 0.1) is 11.4 Å². The van der Waals surface area contributed by atoms with E-state index in [9.17, 15) is 9.59 Å². The normalized spacial score (nSPS) is 10.7. The van der Waals surface area contributed by atoms with Gasteiger partial charge in [0.2, 0.25) is 0 Å². The SMILES string of the molecule is O=C(NCCSSCCNC(=O)Nc1cccc2ccccc12)Nc1cccc2ccccc12. The number of rotatable bonds is 9. The molecule has 0 atom stereocenters. The predicted octanol–water partition coefficient (Wildman–Crippen LogP) is 6.32. The summed E-state index contributed by atoms with van der Waals surface area (Å²) in [5, 5.41) is 15.8. The van der Waals surface area contributed by atoms with Crippen molar-refractivity contribution in [3.05, 3.63) is 84.9 Å². The van der Waals surface area contributed by atoms with Gasteiger partial charge in [-0.3, -0.25) is 0 Å². The van der Waals surface area contributed by atoms with E-state index in [0.29, 0.717) is 13.1 Å². The molecule has 0 saturated heterocycles. The number of carbonyl (C=O) groups is 2. The molecule has 0 aliphatic carbocycles. The van der Waals surface area contributed by atoms with Crippen molar-refractivity contribution in [2.75, 3.05) is 35.2 Å². The Hall–Kier alpha value is -3.36. The molecule has 0 aromatic heterocycles. The van der Waals surface area contributed by atoms with Crippen LogP contribution in [0.25, 0.3) is 21.5 Å². The second kappa shape index (κ2) is 12.2. The molecule has 8 heteroatoms. The lowest BCUT2D eigenvalue weighted by molar-refractivity contribution is 0.252. The van der Waals surface area contributed by atoms with E-state index in [0.717, 1.165) is 44.4 Å². The van der Waals surface area contributed by atoms with Crippen molar-refractivity contribution >= 4 is 66.6 Å². The Bertz CT molecular complexity index is 1170. The first kappa shape index (κ1) is 23.8. The molecule has 4 N–H and O–H groups in total. The molecule has 4 aromatic carbocycles. The number of nitrogens with one attached hydrogen (secondary N) is 4. The number of hydrogen-bond acceptors (Lipinski definition) is 4. The van der Waals surface area contributed by atoms with Gasteiger partial charge in [0.15, 0.2) is 0 Å². The zero-order chi connectivity index (χ0) is 23.6. The fraction of sp³-hybridized carbons (Fsp3) is 0.154. The molecule has 0 aliphatic heterocycles. The molecule has 0 aliphatic rings. The smallest absolute Gasteiger partial charge is 0.319 e. The first-order chi connectivity index (χ1) is 16.7. The van der Waals surface area contributed by atoms with Crippen LogP contribution < -0.4 is 21.3 Å².